The van der Waals surface area contributed by atoms with Crippen molar-refractivity contribution in [3.63, 3.8) is 0 Å². The summed E-state index contributed by atoms with van der Waals surface area (Å²) in [4.78, 5) is 45.1. The van der Waals surface area contributed by atoms with Crippen LogP contribution in [-0.4, -0.2) is 37.9 Å². The van der Waals surface area contributed by atoms with Crippen molar-refractivity contribution in [1.82, 2.24) is 19.1 Å². The Balaban J connectivity index is 2.40. The molecule has 0 unspecified atom stereocenters. The van der Waals surface area contributed by atoms with Crippen LogP contribution in [0, 0.1) is 0 Å². The fourth-order valence-electron chi connectivity index (χ4n) is 2.62. The number of amides is 1. The van der Waals surface area contributed by atoms with Gasteiger partial charge in [-0.3, -0.25) is 18.7 Å². The lowest BCUT2D eigenvalue weighted by Crippen LogP contribution is -2.37. The number of primary amides is 1. The highest BCUT2D eigenvalue weighted by molar-refractivity contribution is 8.00. The molecule has 0 saturated heterocycles. The van der Waals surface area contributed by atoms with Gasteiger partial charge in [-0.1, -0.05) is 23.9 Å². The molecule has 2 heterocycles. The molecule has 0 aliphatic carbocycles. The Morgan fingerprint density at radius 3 is 2.56 bits per heavy atom. The zero-order chi connectivity index (χ0) is 19.7. The maximum Gasteiger partial charge on any atom is 0.332 e. The van der Waals surface area contributed by atoms with E-state index in [0.717, 1.165) is 16.3 Å². The zero-order valence-electron chi connectivity index (χ0n) is 14.9. The maximum atomic E-state index is 12.7. The molecule has 1 aromatic carbocycles. The van der Waals surface area contributed by atoms with Gasteiger partial charge in [-0.25, -0.2) is 14.8 Å². The number of carbonyl (C=O) groups excluding carboxylic acids is 1. The first kappa shape index (κ1) is 18.6. The monoisotopic (exact) mass is 387 g/mol. The van der Waals surface area contributed by atoms with Gasteiger partial charge in [-0.15, -0.1) is 0 Å². The van der Waals surface area contributed by atoms with Gasteiger partial charge >= 0.3 is 5.69 Å². The topological polar surface area (TPSA) is 122 Å². The second-order valence-corrected chi connectivity index (χ2v) is 6.68. The molecule has 2 N–H and O–H groups in total. The molecule has 1 amide bonds. The van der Waals surface area contributed by atoms with Gasteiger partial charge < -0.3 is 10.5 Å². The summed E-state index contributed by atoms with van der Waals surface area (Å²) in [7, 11) is 4.42. The van der Waals surface area contributed by atoms with Gasteiger partial charge in [-0.2, -0.15) is 0 Å². The molecule has 0 fully saturated rings. The number of para-hydroxylation sites is 1. The number of benzene rings is 1. The first-order valence-corrected chi connectivity index (χ1v) is 8.86. The minimum Gasteiger partial charge on any atom is -0.496 e. The fourth-order valence-corrected chi connectivity index (χ4v) is 3.38. The Bertz CT molecular complexity index is 1170. The number of hydrogen-bond donors (Lipinski definition) is 1. The number of aryl methyl sites for hydroxylation is 1. The highest BCUT2D eigenvalue weighted by atomic mass is 32.2. The van der Waals surface area contributed by atoms with Crippen LogP contribution in [-0.2, 0) is 18.9 Å². The predicted molar refractivity (Wildman–Crippen MR) is 102 cm³/mol. The molecule has 140 valence electrons. The molecule has 0 saturated carbocycles. The summed E-state index contributed by atoms with van der Waals surface area (Å²) >= 11 is 1.02. The quantitative estimate of drug-likeness (QED) is 0.493. The van der Waals surface area contributed by atoms with Crippen molar-refractivity contribution in [2.24, 2.45) is 19.8 Å². The lowest BCUT2D eigenvalue weighted by molar-refractivity contribution is -0.115. The van der Waals surface area contributed by atoms with Crippen LogP contribution >= 0.6 is 11.8 Å². The smallest absolute Gasteiger partial charge is 0.332 e. The Hall–Kier alpha value is -3.14. The van der Waals surface area contributed by atoms with Gasteiger partial charge in [0, 0.05) is 14.1 Å². The van der Waals surface area contributed by atoms with E-state index in [9.17, 15) is 14.4 Å². The predicted octanol–water partition coefficient (Wildman–Crippen LogP) is 0.280. The molecule has 0 aliphatic heterocycles. The van der Waals surface area contributed by atoms with Gasteiger partial charge in [0.25, 0.3) is 5.56 Å². The average Bonchev–Trinajstić information content (AvgIpc) is 2.68. The van der Waals surface area contributed by atoms with Gasteiger partial charge in [0.2, 0.25) is 5.91 Å². The molecule has 10 heteroatoms. The summed E-state index contributed by atoms with van der Waals surface area (Å²) in [5.41, 5.74) is 4.96. The van der Waals surface area contributed by atoms with Crippen molar-refractivity contribution in [2.45, 2.75) is 5.03 Å². The standard InChI is InChI=1S/C17H17N5O4S/c1-21-14-12(16(24)22(2)17(21)25)15(27-8-11(18)23)20-13(19-14)9-6-4-5-7-10(9)26-3/h4-7H,8H2,1-3H3,(H2,18,23). The molecule has 0 spiro atoms. The summed E-state index contributed by atoms with van der Waals surface area (Å²) in [6.45, 7) is 0. The van der Waals surface area contributed by atoms with Crippen LogP contribution in [0.25, 0.3) is 22.4 Å². The van der Waals surface area contributed by atoms with Crippen molar-refractivity contribution in [3.8, 4) is 17.1 Å². The minimum absolute atomic E-state index is 0.0660. The number of thioether (sulfide) groups is 1. The lowest BCUT2D eigenvalue weighted by atomic mass is 10.2. The SMILES string of the molecule is COc1ccccc1-c1nc(SCC(N)=O)c2c(=O)n(C)c(=O)n(C)c2n1. The van der Waals surface area contributed by atoms with E-state index in [4.69, 9.17) is 10.5 Å². The summed E-state index contributed by atoms with van der Waals surface area (Å²) in [5.74, 6) is 0.197. The molecule has 3 aromatic rings. The van der Waals surface area contributed by atoms with Gasteiger partial charge in [0.15, 0.2) is 11.5 Å². The first-order chi connectivity index (χ1) is 12.8. The Kier molecular flexibility index (Phi) is 5.00. The van der Waals surface area contributed by atoms with Crippen molar-refractivity contribution >= 4 is 28.7 Å². The van der Waals surface area contributed by atoms with Gasteiger partial charge in [0.1, 0.15) is 16.2 Å². The molecule has 27 heavy (non-hydrogen) atoms. The van der Waals surface area contributed by atoms with Crippen LogP contribution in [0.1, 0.15) is 0 Å². The Labute approximate surface area is 157 Å². The van der Waals surface area contributed by atoms with E-state index in [0.29, 0.717) is 11.3 Å². The second kappa shape index (κ2) is 7.23. The number of carbonyl (C=O) groups is 1. The minimum atomic E-state index is -0.549. The van der Waals surface area contributed by atoms with Crippen LogP contribution in [0.5, 0.6) is 5.75 Å². The number of aromatic nitrogens is 4. The van der Waals surface area contributed by atoms with E-state index < -0.39 is 17.2 Å². The molecule has 2 aromatic heterocycles. The van der Waals surface area contributed by atoms with Crippen LogP contribution in [0.15, 0.2) is 38.9 Å². The summed E-state index contributed by atoms with van der Waals surface area (Å²) in [6, 6.07) is 7.12. The normalized spacial score (nSPS) is 10.9. The van der Waals surface area contributed by atoms with Crippen molar-refractivity contribution in [3.05, 3.63) is 45.1 Å². The maximum absolute atomic E-state index is 12.7. The second-order valence-electron chi connectivity index (χ2n) is 5.71. The third kappa shape index (κ3) is 3.31. The fraction of sp³-hybridized carbons (Fsp3) is 0.235. The number of hydrogen-bond acceptors (Lipinski definition) is 7. The number of rotatable bonds is 5. The van der Waals surface area contributed by atoms with Crippen molar-refractivity contribution in [2.75, 3.05) is 12.9 Å². The average molecular weight is 387 g/mol. The highest BCUT2D eigenvalue weighted by Crippen LogP contribution is 2.30. The zero-order valence-corrected chi connectivity index (χ0v) is 15.7. The first-order valence-electron chi connectivity index (χ1n) is 7.87. The molecule has 0 aliphatic rings. The number of ether oxygens (including phenoxy) is 1. The van der Waals surface area contributed by atoms with E-state index in [2.05, 4.69) is 9.97 Å². The van der Waals surface area contributed by atoms with Crippen LogP contribution in [0.4, 0.5) is 0 Å². The van der Waals surface area contributed by atoms with Crippen LogP contribution in [0.3, 0.4) is 0 Å². The molecule has 9 nitrogen and oxygen atoms in total. The van der Waals surface area contributed by atoms with E-state index in [-0.39, 0.29) is 27.6 Å². The molecule has 0 radical (unpaired) electrons. The summed E-state index contributed by atoms with van der Waals surface area (Å²) < 4.78 is 7.60. The van der Waals surface area contributed by atoms with Crippen LogP contribution in [0.2, 0.25) is 0 Å². The molecular formula is C17H17N5O4S. The van der Waals surface area contributed by atoms with E-state index in [1.807, 2.05) is 0 Å². The van der Waals surface area contributed by atoms with Crippen molar-refractivity contribution in [1.29, 1.82) is 0 Å². The third-order valence-corrected chi connectivity index (χ3v) is 4.96. The van der Waals surface area contributed by atoms with Crippen molar-refractivity contribution < 1.29 is 9.53 Å². The summed E-state index contributed by atoms with van der Waals surface area (Å²) in [6.07, 6.45) is 0. The van der Waals surface area contributed by atoms with E-state index >= 15 is 0 Å². The number of nitrogens with two attached hydrogens (primary N) is 1. The molecular weight excluding hydrogens is 370 g/mol. The van der Waals surface area contributed by atoms with Gasteiger partial charge in [-0.05, 0) is 12.1 Å². The molecule has 3 rings (SSSR count). The van der Waals surface area contributed by atoms with Gasteiger partial charge in [0.05, 0.1) is 18.4 Å². The van der Waals surface area contributed by atoms with E-state index in [1.165, 1.54) is 25.8 Å². The number of nitrogens with zero attached hydrogens (tertiary/aromatic N) is 4. The Morgan fingerprint density at radius 2 is 1.89 bits per heavy atom. The third-order valence-electron chi connectivity index (χ3n) is 3.97. The number of fused-ring (bicyclic) bond motifs is 1. The molecule has 0 atom stereocenters. The highest BCUT2D eigenvalue weighted by Gasteiger charge is 2.19. The largest absolute Gasteiger partial charge is 0.496 e. The summed E-state index contributed by atoms with van der Waals surface area (Å²) in [5, 5.41) is 0.431. The Morgan fingerprint density at radius 1 is 1.19 bits per heavy atom. The van der Waals surface area contributed by atoms with E-state index in [1.54, 1.807) is 24.3 Å². The lowest BCUT2D eigenvalue weighted by Gasteiger charge is -2.13. The molecule has 0 bridgehead atoms. The number of methoxy groups -OCH3 is 1. The van der Waals surface area contributed by atoms with Crippen LogP contribution < -0.4 is 21.7 Å².